The molecule has 1 fully saturated rings. The first-order valence-corrected chi connectivity index (χ1v) is 14.3. The number of nitrogens with one attached hydrogen (secondary N) is 1. The van der Waals surface area contributed by atoms with Gasteiger partial charge in [-0.15, -0.1) is 0 Å². The predicted octanol–water partition coefficient (Wildman–Crippen LogP) is 5.23. The van der Waals surface area contributed by atoms with Crippen molar-refractivity contribution in [2.45, 2.75) is 23.8 Å². The second-order valence-electron chi connectivity index (χ2n) is 9.75. The van der Waals surface area contributed by atoms with Crippen molar-refractivity contribution in [3.05, 3.63) is 105 Å². The Labute approximate surface area is 234 Å². The number of sulfonamides is 1. The number of halogens is 3. The number of H-pyrrole nitrogens is 1. The van der Waals surface area contributed by atoms with Crippen molar-refractivity contribution >= 4 is 45.1 Å². The molecule has 12 heteroatoms. The van der Waals surface area contributed by atoms with Crippen molar-refractivity contribution in [3.63, 3.8) is 0 Å². The van der Waals surface area contributed by atoms with E-state index in [0.29, 0.717) is 17.5 Å². The zero-order chi connectivity index (χ0) is 27.5. The highest BCUT2D eigenvalue weighted by molar-refractivity contribution is 7.89. The summed E-state index contributed by atoms with van der Waals surface area (Å²) in [6, 6.07) is 8.71. The van der Waals surface area contributed by atoms with Crippen molar-refractivity contribution in [3.8, 4) is 0 Å². The number of fused-ring (bicyclic) bond motifs is 2. The number of aryl methyl sites for hydroxylation is 1. The van der Waals surface area contributed by atoms with Crippen LogP contribution in [0.15, 0.2) is 71.5 Å². The molecule has 0 spiro atoms. The van der Waals surface area contributed by atoms with E-state index in [2.05, 4.69) is 15.3 Å². The van der Waals surface area contributed by atoms with Gasteiger partial charge in [0.05, 0.1) is 50.0 Å². The number of hydrogen-bond donors (Lipinski definition) is 1. The summed E-state index contributed by atoms with van der Waals surface area (Å²) in [6.45, 7) is 0.0853. The molecule has 0 saturated carbocycles. The largest absolute Gasteiger partial charge is 0.293 e. The molecule has 6 rings (SSSR count). The van der Waals surface area contributed by atoms with Crippen LogP contribution in [0.4, 0.5) is 4.39 Å². The van der Waals surface area contributed by atoms with Gasteiger partial charge in [-0.05, 0) is 60.4 Å². The van der Waals surface area contributed by atoms with Crippen LogP contribution in [0, 0.1) is 11.2 Å². The number of benzene rings is 2. The first-order valence-electron chi connectivity index (χ1n) is 12.1. The van der Waals surface area contributed by atoms with Crippen molar-refractivity contribution in [2.75, 3.05) is 6.54 Å². The summed E-state index contributed by atoms with van der Waals surface area (Å²) < 4.78 is 45.5. The van der Waals surface area contributed by atoms with Crippen molar-refractivity contribution in [1.82, 2.24) is 24.3 Å². The van der Waals surface area contributed by atoms with E-state index in [1.54, 1.807) is 19.4 Å². The number of carbonyl (C=O) groups is 1. The summed E-state index contributed by atoms with van der Waals surface area (Å²) in [5, 5.41) is 11.6. The zero-order valence-corrected chi connectivity index (χ0v) is 22.9. The maximum Gasteiger partial charge on any atom is 0.243 e. The van der Waals surface area contributed by atoms with E-state index in [4.69, 9.17) is 23.2 Å². The van der Waals surface area contributed by atoms with Crippen molar-refractivity contribution in [2.24, 2.45) is 12.5 Å². The number of aromatic amines is 1. The molecule has 1 N–H and O–H groups in total. The molecule has 1 unspecified atom stereocenters. The summed E-state index contributed by atoms with van der Waals surface area (Å²) in [7, 11) is -2.49. The maximum absolute atomic E-state index is 14.6. The molecule has 8 nitrogen and oxygen atoms in total. The van der Waals surface area contributed by atoms with E-state index in [9.17, 15) is 17.6 Å². The number of hydrogen-bond acceptors (Lipinski definition) is 5. The van der Waals surface area contributed by atoms with Crippen LogP contribution in [-0.4, -0.2) is 45.0 Å². The summed E-state index contributed by atoms with van der Waals surface area (Å²) >= 11 is 12.3. The lowest BCUT2D eigenvalue weighted by atomic mass is 9.59. The fourth-order valence-corrected chi connectivity index (χ4v) is 7.80. The third-order valence-electron chi connectivity index (χ3n) is 7.52. The number of nitrogens with zero attached hydrogens (tertiary/aromatic N) is 4. The van der Waals surface area contributed by atoms with Gasteiger partial charge in [0.1, 0.15) is 5.82 Å². The Morgan fingerprint density at radius 1 is 1.13 bits per heavy atom. The van der Waals surface area contributed by atoms with Gasteiger partial charge in [-0.2, -0.15) is 14.5 Å². The Hall–Kier alpha value is -3.31. The van der Waals surface area contributed by atoms with Gasteiger partial charge in [0.15, 0.2) is 5.78 Å². The number of carbonyl (C=O) groups excluding carboxylic acids is 1. The van der Waals surface area contributed by atoms with Crippen molar-refractivity contribution in [1.29, 1.82) is 0 Å². The van der Waals surface area contributed by atoms with E-state index in [-0.39, 0.29) is 33.7 Å². The average molecular weight is 586 g/mol. The van der Waals surface area contributed by atoms with Gasteiger partial charge in [-0.1, -0.05) is 40.9 Å². The van der Waals surface area contributed by atoms with E-state index < -0.39 is 27.3 Å². The minimum Gasteiger partial charge on any atom is -0.293 e. The minimum atomic E-state index is -4.20. The number of aromatic nitrogens is 4. The molecule has 200 valence electrons. The second kappa shape index (κ2) is 9.41. The Morgan fingerprint density at radius 2 is 1.90 bits per heavy atom. The van der Waals surface area contributed by atoms with Crippen LogP contribution in [0.3, 0.4) is 0 Å². The molecule has 3 heterocycles. The maximum atomic E-state index is 14.6. The number of rotatable bonds is 5. The smallest absolute Gasteiger partial charge is 0.243 e. The topological polar surface area (TPSA) is 101 Å². The quantitative estimate of drug-likeness (QED) is 0.323. The molecular weight excluding hydrogens is 564 g/mol. The van der Waals surface area contributed by atoms with Gasteiger partial charge in [0, 0.05) is 19.8 Å². The molecule has 0 amide bonds. The Balaban J connectivity index is 1.62. The molecule has 0 radical (unpaired) electrons. The van der Waals surface area contributed by atoms with Crippen LogP contribution in [0.1, 0.15) is 39.6 Å². The molecule has 1 aliphatic heterocycles. The summed E-state index contributed by atoms with van der Waals surface area (Å²) in [5.41, 5.74) is 1.79. The minimum absolute atomic E-state index is 0.0553. The van der Waals surface area contributed by atoms with Crippen LogP contribution < -0.4 is 0 Å². The average Bonchev–Trinajstić information content (AvgIpc) is 3.56. The Morgan fingerprint density at radius 3 is 2.59 bits per heavy atom. The monoisotopic (exact) mass is 585 g/mol. The third-order valence-corrected chi connectivity index (χ3v) is 10.1. The molecule has 2 aliphatic rings. The van der Waals surface area contributed by atoms with Gasteiger partial charge in [-0.25, -0.2) is 12.8 Å². The summed E-state index contributed by atoms with van der Waals surface area (Å²) in [6.07, 6.45) is 7.12. The standard InChI is InChI=1S/C27H22Cl2FN5O3S/c1-34-15-18(14-32-34)26(36)27-12-17-13-31-33-24(17)10-19(27)8-9-35(25(27)16-2-4-20(30)5-3-16)39(37,38)21-6-7-22(28)23(29)11-21/h2-7,10-11,13-15,25H,8-9,12H2,1H3,(H,31,33)/t25?,27-/m1/s1. The second-order valence-corrected chi connectivity index (χ2v) is 12.5. The fourth-order valence-electron chi connectivity index (χ4n) is 5.75. The highest BCUT2D eigenvalue weighted by Crippen LogP contribution is 2.56. The van der Waals surface area contributed by atoms with Crippen LogP contribution in [0.5, 0.6) is 0 Å². The first kappa shape index (κ1) is 25.9. The van der Waals surface area contributed by atoms with E-state index in [1.807, 2.05) is 6.08 Å². The zero-order valence-electron chi connectivity index (χ0n) is 20.6. The fraction of sp³-hybridized carbons (Fsp3) is 0.222. The molecule has 39 heavy (non-hydrogen) atoms. The van der Waals surface area contributed by atoms with Gasteiger partial charge in [0.2, 0.25) is 10.0 Å². The lowest BCUT2D eigenvalue weighted by Crippen LogP contribution is -2.55. The lowest BCUT2D eigenvalue weighted by Gasteiger charge is -2.51. The summed E-state index contributed by atoms with van der Waals surface area (Å²) in [4.78, 5) is 14.5. The SMILES string of the molecule is Cn1cc(C(=O)[C@]23Cc4cn[nH]c4C=C2CCN(S(=O)(=O)c2ccc(Cl)c(Cl)c2)C3c2ccc(F)cc2)cn1. The van der Waals surface area contributed by atoms with Gasteiger partial charge < -0.3 is 0 Å². The lowest BCUT2D eigenvalue weighted by molar-refractivity contribution is 0.0632. The van der Waals surface area contributed by atoms with Crippen LogP contribution in [0.25, 0.3) is 6.08 Å². The molecular formula is C27H22Cl2FN5O3S. The number of ketones is 1. The number of piperidine rings is 1. The van der Waals surface area contributed by atoms with E-state index >= 15 is 0 Å². The highest BCUT2D eigenvalue weighted by Gasteiger charge is 2.58. The third kappa shape index (κ3) is 4.13. The molecule has 0 bridgehead atoms. The van der Waals surface area contributed by atoms with Crippen LogP contribution in [0.2, 0.25) is 10.0 Å². The van der Waals surface area contributed by atoms with Gasteiger partial charge in [0.25, 0.3) is 0 Å². The number of Topliss-reactive ketones (excluding diaryl/α,β-unsaturated/α-hetero) is 1. The highest BCUT2D eigenvalue weighted by atomic mass is 35.5. The van der Waals surface area contributed by atoms with Gasteiger partial charge >= 0.3 is 0 Å². The van der Waals surface area contributed by atoms with E-state index in [1.165, 1.54) is 57.6 Å². The molecule has 2 aromatic heterocycles. The molecule has 1 aliphatic carbocycles. The Bertz CT molecular complexity index is 1750. The normalized spacial score (nSPS) is 21.2. The van der Waals surface area contributed by atoms with Gasteiger partial charge in [-0.3, -0.25) is 14.6 Å². The molecule has 2 aromatic carbocycles. The van der Waals surface area contributed by atoms with Crippen molar-refractivity contribution < 1.29 is 17.6 Å². The first-order chi connectivity index (χ1) is 18.6. The Kier molecular flexibility index (Phi) is 6.26. The van der Waals surface area contributed by atoms with Crippen LogP contribution in [-0.2, 0) is 23.5 Å². The molecule has 4 aromatic rings. The van der Waals surface area contributed by atoms with Crippen LogP contribution >= 0.6 is 23.2 Å². The summed E-state index contributed by atoms with van der Waals surface area (Å²) in [5.74, 6) is -0.755. The predicted molar refractivity (Wildman–Crippen MR) is 144 cm³/mol. The molecule has 2 atom stereocenters. The molecule has 1 saturated heterocycles. The van der Waals surface area contributed by atoms with E-state index in [0.717, 1.165) is 16.8 Å².